The highest BCUT2D eigenvalue weighted by molar-refractivity contribution is 7.80. The number of carbonyl (C=O) groups excluding carboxylic acids is 1. The van der Waals surface area contributed by atoms with Gasteiger partial charge in [-0.05, 0) is 62.3 Å². The van der Waals surface area contributed by atoms with Gasteiger partial charge in [0.15, 0.2) is 5.11 Å². The topological polar surface area (TPSA) is 41.6 Å². The lowest BCUT2D eigenvalue weighted by molar-refractivity contribution is -0.147. The van der Waals surface area contributed by atoms with Crippen LogP contribution in [0.15, 0.2) is 48.5 Å². The van der Waals surface area contributed by atoms with Gasteiger partial charge < -0.3 is 15.0 Å². The molecule has 0 aliphatic carbocycles. The molecule has 0 aliphatic rings. The highest BCUT2D eigenvalue weighted by Gasteiger charge is 2.25. The zero-order valence-corrected chi connectivity index (χ0v) is 16.7. The maximum absolute atomic E-state index is 12.3. The lowest BCUT2D eigenvalue weighted by Gasteiger charge is -2.31. The molecule has 0 saturated heterocycles. The summed E-state index contributed by atoms with van der Waals surface area (Å²) in [6, 6.07) is 14.9. The van der Waals surface area contributed by atoms with Crippen LogP contribution >= 0.6 is 23.8 Å². The third kappa shape index (κ3) is 5.44. The second-order valence-corrected chi connectivity index (χ2v) is 6.75. The van der Waals surface area contributed by atoms with Gasteiger partial charge in [-0.15, -0.1) is 0 Å². The molecule has 0 aromatic heterocycles. The fourth-order valence-electron chi connectivity index (χ4n) is 2.51. The summed E-state index contributed by atoms with van der Waals surface area (Å²) in [6.45, 7) is 6.37. The smallest absolute Gasteiger partial charge is 0.328 e. The van der Waals surface area contributed by atoms with Crippen LogP contribution in [0.2, 0.25) is 5.02 Å². The van der Waals surface area contributed by atoms with E-state index in [9.17, 15) is 4.79 Å². The van der Waals surface area contributed by atoms with Gasteiger partial charge in [0.25, 0.3) is 0 Å². The molecule has 1 N–H and O–H groups in total. The van der Waals surface area contributed by atoms with Crippen LogP contribution in [0.3, 0.4) is 0 Å². The Bertz CT molecular complexity index is 768. The van der Waals surface area contributed by atoms with Crippen LogP contribution in [0.5, 0.6) is 0 Å². The minimum Gasteiger partial charge on any atom is -0.464 e. The number of thiocarbonyl (C=S) groups is 1. The van der Waals surface area contributed by atoms with E-state index in [1.165, 1.54) is 0 Å². The van der Waals surface area contributed by atoms with Crippen molar-refractivity contribution in [1.29, 1.82) is 0 Å². The van der Waals surface area contributed by atoms with E-state index in [4.69, 9.17) is 28.6 Å². The number of ether oxygens (including phenoxy) is 1. The van der Waals surface area contributed by atoms with E-state index in [0.717, 1.165) is 16.8 Å². The molecule has 6 heteroatoms. The second-order valence-electron chi connectivity index (χ2n) is 5.93. The zero-order valence-electron chi connectivity index (χ0n) is 15.2. The van der Waals surface area contributed by atoms with Gasteiger partial charge in [0.2, 0.25) is 0 Å². The third-order valence-electron chi connectivity index (χ3n) is 3.98. The van der Waals surface area contributed by atoms with Crippen LogP contribution < -0.4 is 5.32 Å². The van der Waals surface area contributed by atoms with Crippen LogP contribution in [-0.4, -0.2) is 28.6 Å². The molecule has 4 nitrogen and oxygen atoms in total. The van der Waals surface area contributed by atoms with E-state index in [1.54, 1.807) is 19.9 Å². The molecule has 0 fully saturated rings. The zero-order chi connectivity index (χ0) is 19.1. The Balaban J connectivity index is 2.23. The minimum atomic E-state index is -0.511. The number of anilines is 1. The first-order chi connectivity index (χ1) is 12.4. The summed E-state index contributed by atoms with van der Waals surface area (Å²) >= 11 is 11.6. The van der Waals surface area contributed by atoms with E-state index in [0.29, 0.717) is 23.3 Å². The Morgan fingerprint density at radius 1 is 1.27 bits per heavy atom. The van der Waals surface area contributed by atoms with Crippen molar-refractivity contribution in [2.45, 2.75) is 33.4 Å². The van der Waals surface area contributed by atoms with Crippen LogP contribution in [0, 0.1) is 6.92 Å². The Morgan fingerprint density at radius 2 is 1.96 bits per heavy atom. The number of hydrogen-bond acceptors (Lipinski definition) is 3. The lowest BCUT2D eigenvalue weighted by atomic mass is 10.2. The van der Waals surface area contributed by atoms with E-state index >= 15 is 0 Å². The van der Waals surface area contributed by atoms with E-state index in [2.05, 4.69) is 5.32 Å². The summed E-state index contributed by atoms with van der Waals surface area (Å²) in [6.07, 6.45) is 0. The van der Waals surface area contributed by atoms with Gasteiger partial charge in [-0.2, -0.15) is 0 Å². The average Bonchev–Trinajstić information content (AvgIpc) is 2.62. The first-order valence-electron chi connectivity index (χ1n) is 8.46. The predicted octanol–water partition coefficient (Wildman–Crippen LogP) is 4.80. The molecular formula is C20H23ClN2O2S. The predicted molar refractivity (Wildman–Crippen MR) is 110 cm³/mol. The van der Waals surface area contributed by atoms with Crippen molar-refractivity contribution in [3.63, 3.8) is 0 Å². The van der Waals surface area contributed by atoms with Crippen LogP contribution in [0.4, 0.5) is 5.69 Å². The van der Waals surface area contributed by atoms with Crippen molar-refractivity contribution in [3.8, 4) is 0 Å². The molecule has 2 aromatic rings. The Labute approximate surface area is 165 Å². The molecule has 0 aliphatic heterocycles. The van der Waals surface area contributed by atoms with Crippen molar-refractivity contribution in [1.82, 2.24) is 4.90 Å². The third-order valence-corrected chi connectivity index (χ3v) is 4.55. The van der Waals surface area contributed by atoms with E-state index in [-0.39, 0.29) is 5.97 Å². The molecule has 26 heavy (non-hydrogen) atoms. The first kappa shape index (κ1) is 20.2. The summed E-state index contributed by atoms with van der Waals surface area (Å²) in [5, 5.41) is 4.35. The lowest BCUT2D eigenvalue weighted by Crippen LogP contribution is -2.45. The molecule has 0 spiro atoms. The molecule has 0 radical (unpaired) electrons. The van der Waals surface area contributed by atoms with Crippen LogP contribution in [0.25, 0.3) is 0 Å². The van der Waals surface area contributed by atoms with Gasteiger partial charge >= 0.3 is 5.97 Å². The van der Waals surface area contributed by atoms with Crippen LogP contribution in [-0.2, 0) is 16.1 Å². The molecule has 138 valence electrons. The Kier molecular flexibility index (Phi) is 7.42. The molecule has 0 saturated carbocycles. The monoisotopic (exact) mass is 390 g/mol. The number of hydrogen-bond donors (Lipinski definition) is 1. The molecule has 2 rings (SSSR count). The normalized spacial score (nSPS) is 11.5. The highest BCUT2D eigenvalue weighted by Crippen LogP contribution is 2.21. The van der Waals surface area contributed by atoms with Crippen molar-refractivity contribution in [2.24, 2.45) is 0 Å². The average molecular weight is 391 g/mol. The summed E-state index contributed by atoms with van der Waals surface area (Å²) in [7, 11) is 0. The SMILES string of the molecule is CCOC(=O)C(C)N(Cc1ccccc1)C(=S)Nc1ccc(Cl)cc1C. The summed E-state index contributed by atoms with van der Waals surface area (Å²) in [4.78, 5) is 14.1. The highest BCUT2D eigenvalue weighted by atomic mass is 35.5. The van der Waals surface area contributed by atoms with Crippen molar-refractivity contribution in [2.75, 3.05) is 11.9 Å². The number of esters is 1. The summed E-state index contributed by atoms with van der Waals surface area (Å²) in [5.41, 5.74) is 2.89. The standard InChI is InChI=1S/C20H23ClN2O2S/c1-4-25-19(24)15(3)23(13-16-8-6-5-7-9-16)20(26)22-18-11-10-17(21)12-14(18)2/h5-12,15H,4,13H2,1-3H3,(H,22,26). The molecule has 0 bridgehead atoms. The van der Waals surface area contributed by atoms with Crippen LogP contribution in [0.1, 0.15) is 25.0 Å². The maximum Gasteiger partial charge on any atom is 0.328 e. The molecule has 0 heterocycles. The van der Waals surface area contributed by atoms with Crippen molar-refractivity contribution >= 4 is 40.6 Å². The Hall–Kier alpha value is -2.11. The minimum absolute atomic E-state index is 0.305. The molecule has 1 unspecified atom stereocenters. The Morgan fingerprint density at radius 3 is 2.58 bits per heavy atom. The van der Waals surface area contributed by atoms with Gasteiger partial charge in [0.05, 0.1) is 6.61 Å². The van der Waals surface area contributed by atoms with Gasteiger partial charge in [-0.1, -0.05) is 41.9 Å². The fraction of sp³-hybridized carbons (Fsp3) is 0.300. The van der Waals surface area contributed by atoms with Gasteiger partial charge in [-0.3, -0.25) is 0 Å². The van der Waals surface area contributed by atoms with Gasteiger partial charge in [-0.25, -0.2) is 4.79 Å². The quantitative estimate of drug-likeness (QED) is 0.566. The van der Waals surface area contributed by atoms with E-state index in [1.807, 2.05) is 54.3 Å². The number of aryl methyl sites for hydroxylation is 1. The number of nitrogens with zero attached hydrogens (tertiary/aromatic N) is 1. The number of rotatable bonds is 6. The number of benzene rings is 2. The second kappa shape index (κ2) is 9.55. The summed E-state index contributed by atoms with van der Waals surface area (Å²) in [5.74, 6) is -0.305. The molecule has 0 amide bonds. The van der Waals surface area contributed by atoms with Gasteiger partial charge in [0.1, 0.15) is 6.04 Å². The van der Waals surface area contributed by atoms with Gasteiger partial charge in [0, 0.05) is 17.3 Å². The summed E-state index contributed by atoms with van der Waals surface area (Å²) < 4.78 is 5.18. The number of nitrogens with one attached hydrogen (secondary N) is 1. The maximum atomic E-state index is 12.3. The first-order valence-corrected chi connectivity index (χ1v) is 9.25. The number of halogens is 1. The molecule has 1 atom stereocenters. The molecular weight excluding hydrogens is 368 g/mol. The van der Waals surface area contributed by atoms with Crippen molar-refractivity contribution < 1.29 is 9.53 Å². The number of carbonyl (C=O) groups is 1. The fourth-order valence-corrected chi connectivity index (χ4v) is 3.07. The molecule has 2 aromatic carbocycles. The van der Waals surface area contributed by atoms with Crippen molar-refractivity contribution in [3.05, 3.63) is 64.7 Å². The largest absolute Gasteiger partial charge is 0.464 e. The van der Waals surface area contributed by atoms with E-state index < -0.39 is 6.04 Å².